The van der Waals surface area contributed by atoms with E-state index in [1.165, 1.54) is 0 Å². The third-order valence-electron chi connectivity index (χ3n) is 5.47. The van der Waals surface area contributed by atoms with E-state index in [0.29, 0.717) is 12.5 Å². The zero-order chi connectivity index (χ0) is 19.1. The van der Waals surface area contributed by atoms with Crippen molar-refractivity contribution in [1.82, 2.24) is 20.0 Å². The van der Waals surface area contributed by atoms with Crippen LogP contribution in [-0.2, 0) is 11.2 Å². The quantitative estimate of drug-likeness (QED) is 0.602. The lowest BCUT2D eigenvalue weighted by Crippen LogP contribution is -2.57. The number of rotatable bonds is 6. The Morgan fingerprint density at radius 1 is 1.19 bits per heavy atom. The summed E-state index contributed by atoms with van der Waals surface area (Å²) in [5.74, 6) is 2.22. The van der Waals surface area contributed by atoms with E-state index in [0.717, 1.165) is 76.8 Å². The van der Waals surface area contributed by atoms with Crippen molar-refractivity contribution in [3.63, 3.8) is 0 Å². The molecule has 7 nitrogen and oxygen atoms in total. The molecule has 2 aliphatic rings. The first-order valence-electron chi connectivity index (χ1n) is 10.3. The van der Waals surface area contributed by atoms with E-state index < -0.39 is 0 Å². The van der Waals surface area contributed by atoms with Gasteiger partial charge in [0, 0.05) is 58.8 Å². The molecule has 1 atom stereocenters. The van der Waals surface area contributed by atoms with Crippen LogP contribution in [0.5, 0.6) is 0 Å². The summed E-state index contributed by atoms with van der Waals surface area (Å²) >= 11 is 0. The zero-order valence-electron chi connectivity index (χ0n) is 16.7. The predicted molar refractivity (Wildman–Crippen MR) is 107 cm³/mol. The predicted octanol–water partition coefficient (Wildman–Crippen LogP) is 1.42. The van der Waals surface area contributed by atoms with Gasteiger partial charge >= 0.3 is 0 Å². The summed E-state index contributed by atoms with van der Waals surface area (Å²) in [4.78, 5) is 24.0. The highest BCUT2D eigenvalue weighted by Crippen LogP contribution is 2.14. The monoisotopic (exact) mass is 375 g/mol. The molecule has 0 saturated carbocycles. The van der Waals surface area contributed by atoms with E-state index in [-0.39, 0.29) is 6.04 Å². The van der Waals surface area contributed by atoms with Gasteiger partial charge in [-0.25, -0.2) is 0 Å². The Morgan fingerprint density at radius 3 is 2.56 bits per heavy atom. The Hall–Kier alpha value is -2.02. The fourth-order valence-electron chi connectivity index (χ4n) is 3.83. The summed E-state index contributed by atoms with van der Waals surface area (Å²) in [6, 6.07) is 3.87. The van der Waals surface area contributed by atoms with Gasteiger partial charge in [0.2, 0.25) is 5.91 Å². The van der Waals surface area contributed by atoms with Crippen LogP contribution in [0, 0.1) is 0 Å². The molecule has 2 fully saturated rings. The number of hydrogen-bond donors (Lipinski definition) is 1. The van der Waals surface area contributed by atoms with E-state index in [9.17, 15) is 4.79 Å². The second kappa shape index (κ2) is 9.78. The fraction of sp³-hybridized carbons (Fsp3) is 0.700. The number of guanidine groups is 1. The molecule has 1 amide bonds. The van der Waals surface area contributed by atoms with Crippen molar-refractivity contribution in [2.45, 2.75) is 39.2 Å². The number of aliphatic imine (C=N–C) groups is 1. The summed E-state index contributed by atoms with van der Waals surface area (Å²) in [7, 11) is 0. The SMILES string of the molecule is CCNC(=NCCc1ccco1)N1CCN(C(C)C(=O)N2CCCC2)CC1. The molecular weight excluding hydrogens is 342 g/mol. The number of carbonyl (C=O) groups excluding carboxylic acids is 1. The Bertz CT molecular complexity index is 602. The van der Waals surface area contributed by atoms with Crippen LogP contribution in [0.3, 0.4) is 0 Å². The Labute approximate surface area is 162 Å². The maximum Gasteiger partial charge on any atom is 0.239 e. The second-order valence-electron chi connectivity index (χ2n) is 7.30. The van der Waals surface area contributed by atoms with Gasteiger partial charge in [-0.3, -0.25) is 14.7 Å². The van der Waals surface area contributed by atoms with E-state index in [4.69, 9.17) is 9.41 Å². The van der Waals surface area contributed by atoms with Crippen LogP contribution in [0.15, 0.2) is 27.8 Å². The van der Waals surface area contributed by atoms with Gasteiger partial charge < -0.3 is 19.5 Å². The third kappa shape index (κ3) is 5.25. The van der Waals surface area contributed by atoms with E-state index in [1.54, 1.807) is 6.26 Å². The molecule has 0 radical (unpaired) electrons. The molecule has 0 bridgehead atoms. The van der Waals surface area contributed by atoms with Gasteiger partial charge in [0.25, 0.3) is 0 Å². The number of carbonyl (C=O) groups is 1. The number of piperazine rings is 1. The van der Waals surface area contributed by atoms with Crippen LogP contribution >= 0.6 is 0 Å². The minimum Gasteiger partial charge on any atom is -0.469 e. The van der Waals surface area contributed by atoms with Crippen molar-refractivity contribution >= 4 is 11.9 Å². The standard InChI is InChI=1S/C20H33N5O2/c1-3-21-20(22-9-8-18-7-6-16-27-18)25-14-12-23(13-15-25)17(2)19(26)24-10-4-5-11-24/h6-7,16-17H,3-5,8-15H2,1-2H3,(H,21,22). The smallest absolute Gasteiger partial charge is 0.239 e. The number of hydrogen-bond acceptors (Lipinski definition) is 4. The van der Waals surface area contributed by atoms with Crippen LogP contribution in [0.1, 0.15) is 32.4 Å². The molecule has 0 aromatic carbocycles. The second-order valence-corrected chi connectivity index (χ2v) is 7.30. The van der Waals surface area contributed by atoms with Crippen molar-refractivity contribution in [3.05, 3.63) is 24.2 Å². The van der Waals surface area contributed by atoms with Crippen molar-refractivity contribution in [1.29, 1.82) is 0 Å². The Morgan fingerprint density at radius 2 is 1.93 bits per heavy atom. The highest BCUT2D eigenvalue weighted by molar-refractivity contribution is 5.82. The lowest BCUT2D eigenvalue weighted by molar-refractivity contribution is -0.135. The highest BCUT2D eigenvalue weighted by atomic mass is 16.3. The first-order chi connectivity index (χ1) is 13.2. The molecular formula is C20H33N5O2. The average Bonchev–Trinajstić information content (AvgIpc) is 3.40. The van der Waals surface area contributed by atoms with Crippen LogP contribution in [0.2, 0.25) is 0 Å². The molecule has 27 heavy (non-hydrogen) atoms. The van der Waals surface area contributed by atoms with E-state index >= 15 is 0 Å². The molecule has 0 aliphatic carbocycles. The summed E-state index contributed by atoms with van der Waals surface area (Å²) in [5, 5.41) is 3.40. The van der Waals surface area contributed by atoms with Gasteiger partial charge in [0.05, 0.1) is 12.3 Å². The van der Waals surface area contributed by atoms with Gasteiger partial charge in [-0.1, -0.05) is 0 Å². The first kappa shape index (κ1) is 19.7. The lowest BCUT2D eigenvalue weighted by Gasteiger charge is -2.39. The Balaban J connectivity index is 1.49. The number of likely N-dealkylation sites (tertiary alicyclic amines) is 1. The topological polar surface area (TPSA) is 64.3 Å². The fourth-order valence-corrected chi connectivity index (χ4v) is 3.83. The van der Waals surface area contributed by atoms with Gasteiger partial charge in [-0.05, 0) is 38.8 Å². The number of nitrogens with zero attached hydrogens (tertiary/aromatic N) is 4. The Kier molecular flexibility index (Phi) is 7.15. The summed E-state index contributed by atoms with van der Waals surface area (Å²) < 4.78 is 5.38. The van der Waals surface area contributed by atoms with Gasteiger partial charge in [0.15, 0.2) is 5.96 Å². The average molecular weight is 376 g/mol. The first-order valence-corrected chi connectivity index (χ1v) is 10.3. The maximum absolute atomic E-state index is 12.6. The minimum atomic E-state index is -0.0243. The molecule has 150 valence electrons. The molecule has 2 saturated heterocycles. The molecule has 1 aromatic heterocycles. The lowest BCUT2D eigenvalue weighted by atomic mass is 10.2. The minimum absolute atomic E-state index is 0.0243. The van der Waals surface area contributed by atoms with Crippen LogP contribution in [0.4, 0.5) is 0 Å². The molecule has 0 spiro atoms. The highest BCUT2D eigenvalue weighted by Gasteiger charge is 2.30. The van der Waals surface area contributed by atoms with E-state index in [2.05, 4.69) is 29.0 Å². The van der Waals surface area contributed by atoms with Crippen molar-refractivity contribution < 1.29 is 9.21 Å². The molecule has 7 heteroatoms. The summed E-state index contributed by atoms with van der Waals surface area (Å²) in [6.45, 7) is 11.1. The van der Waals surface area contributed by atoms with Crippen molar-refractivity contribution in [3.8, 4) is 0 Å². The molecule has 1 N–H and O–H groups in total. The maximum atomic E-state index is 12.6. The van der Waals surface area contributed by atoms with Gasteiger partial charge in [-0.2, -0.15) is 0 Å². The number of amides is 1. The van der Waals surface area contributed by atoms with Crippen LogP contribution < -0.4 is 5.32 Å². The van der Waals surface area contributed by atoms with Crippen molar-refractivity contribution in [2.75, 3.05) is 52.4 Å². The summed E-state index contributed by atoms with van der Waals surface area (Å²) in [6.07, 6.45) is 4.80. The van der Waals surface area contributed by atoms with E-state index in [1.807, 2.05) is 17.0 Å². The van der Waals surface area contributed by atoms with Crippen LogP contribution in [0.25, 0.3) is 0 Å². The van der Waals surface area contributed by atoms with Gasteiger partial charge in [-0.15, -0.1) is 0 Å². The van der Waals surface area contributed by atoms with Crippen molar-refractivity contribution in [2.24, 2.45) is 4.99 Å². The molecule has 1 unspecified atom stereocenters. The zero-order valence-corrected chi connectivity index (χ0v) is 16.7. The number of furan rings is 1. The molecule has 2 aliphatic heterocycles. The molecule has 3 heterocycles. The molecule has 1 aromatic rings. The number of nitrogens with one attached hydrogen (secondary N) is 1. The molecule has 3 rings (SSSR count). The normalized spacial score (nSPS) is 20.1. The largest absolute Gasteiger partial charge is 0.469 e. The van der Waals surface area contributed by atoms with Gasteiger partial charge in [0.1, 0.15) is 5.76 Å². The third-order valence-corrected chi connectivity index (χ3v) is 5.47. The van der Waals surface area contributed by atoms with Crippen LogP contribution in [-0.4, -0.2) is 85.0 Å². The summed E-state index contributed by atoms with van der Waals surface area (Å²) in [5.41, 5.74) is 0.